The lowest BCUT2D eigenvalue weighted by Crippen LogP contribution is -2.26. The second-order valence-corrected chi connectivity index (χ2v) is 6.83. The molecule has 0 aliphatic rings. The van der Waals surface area contributed by atoms with Crippen molar-refractivity contribution >= 4 is 27.3 Å². The summed E-state index contributed by atoms with van der Waals surface area (Å²) in [7, 11) is -2.35. The van der Waals surface area contributed by atoms with Gasteiger partial charge in [0.25, 0.3) is 10.0 Å². The molecule has 0 aromatic heterocycles. The molecule has 0 radical (unpaired) electrons. The number of sulfonamides is 1. The summed E-state index contributed by atoms with van der Waals surface area (Å²) in [6.45, 7) is 0.238. The molecule has 0 atom stereocenters. The Bertz CT molecular complexity index is 763. The van der Waals surface area contributed by atoms with E-state index in [4.69, 9.17) is 17.3 Å². The van der Waals surface area contributed by atoms with Crippen LogP contribution in [0, 0.1) is 0 Å². The standard InChI is InChI=1S/C14H15ClN2O3S/c1-17(11-3-2-4-12(18)7-11)21(19,20)13-6-5-10(9-16)14(15)8-13/h2-8,18H,9,16H2,1H3. The minimum atomic E-state index is -3.76. The van der Waals surface area contributed by atoms with Gasteiger partial charge in [-0.15, -0.1) is 0 Å². The predicted octanol–water partition coefficient (Wildman–Crippen LogP) is 2.33. The highest BCUT2D eigenvalue weighted by Gasteiger charge is 2.22. The fourth-order valence-electron chi connectivity index (χ4n) is 1.84. The molecule has 0 fully saturated rings. The van der Waals surface area contributed by atoms with E-state index in [1.54, 1.807) is 18.2 Å². The molecule has 0 aliphatic carbocycles. The van der Waals surface area contributed by atoms with Crippen molar-refractivity contribution in [3.63, 3.8) is 0 Å². The largest absolute Gasteiger partial charge is 0.508 e. The van der Waals surface area contributed by atoms with Crippen molar-refractivity contribution in [2.75, 3.05) is 11.4 Å². The summed E-state index contributed by atoms with van der Waals surface area (Å²) in [5.74, 6) is -0.00828. The first-order chi connectivity index (χ1) is 9.86. The Morgan fingerprint density at radius 3 is 2.52 bits per heavy atom. The number of rotatable bonds is 4. The van der Waals surface area contributed by atoms with Crippen molar-refractivity contribution in [3.05, 3.63) is 53.1 Å². The Labute approximate surface area is 128 Å². The van der Waals surface area contributed by atoms with Crippen LogP contribution in [0.3, 0.4) is 0 Å². The van der Waals surface area contributed by atoms with Crippen molar-refractivity contribution in [2.45, 2.75) is 11.4 Å². The Hall–Kier alpha value is -1.76. The van der Waals surface area contributed by atoms with Gasteiger partial charge in [0.1, 0.15) is 5.75 Å². The SMILES string of the molecule is CN(c1cccc(O)c1)S(=O)(=O)c1ccc(CN)c(Cl)c1. The predicted molar refractivity (Wildman–Crippen MR) is 83.0 cm³/mol. The number of anilines is 1. The lowest BCUT2D eigenvalue weighted by molar-refractivity contribution is 0.475. The van der Waals surface area contributed by atoms with Crippen LogP contribution < -0.4 is 10.0 Å². The molecule has 112 valence electrons. The number of nitrogens with two attached hydrogens (primary N) is 1. The number of benzene rings is 2. The summed E-state index contributed by atoms with van der Waals surface area (Å²) < 4.78 is 26.2. The molecule has 0 spiro atoms. The molecule has 5 nitrogen and oxygen atoms in total. The van der Waals surface area contributed by atoms with Gasteiger partial charge in [-0.25, -0.2) is 8.42 Å². The minimum Gasteiger partial charge on any atom is -0.508 e. The molecule has 0 amide bonds. The quantitative estimate of drug-likeness (QED) is 0.903. The van der Waals surface area contributed by atoms with Crippen LogP contribution in [0.4, 0.5) is 5.69 Å². The average Bonchev–Trinajstić information content (AvgIpc) is 2.46. The monoisotopic (exact) mass is 326 g/mol. The summed E-state index contributed by atoms with van der Waals surface area (Å²) in [6.07, 6.45) is 0. The van der Waals surface area contributed by atoms with Gasteiger partial charge in [0.05, 0.1) is 10.6 Å². The van der Waals surface area contributed by atoms with E-state index in [2.05, 4.69) is 0 Å². The van der Waals surface area contributed by atoms with E-state index in [-0.39, 0.29) is 17.2 Å². The van der Waals surface area contributed by atoms with Crippen molar-refractivity contribution in [3.8, 4) is 5.75 Å². The van der Waals surface area contributed by atoms with Gasteiger partial charge in [-0.2, -0.15) is 0 Å². The number of phenolic OH excluding ortho intramolecular Hbond substituents is 1. The summed E-state index contributed by atoms with van der Waals surface area (Å²) in [6, 6.07) is 10.4. The van der Waals surface area contributed by atoms with Crippen LogP contribution >= 0.6 is 11.6 Å². The topological polar surface area (TPSA) is 83.6 Å². The molecule has 2 aromatic carbocycles. The number of phenols is 1. The maximum Gasteiger partial charge on any atom is 0.264 e. The van der Waals surface area contributed by atoms with Gasteiger partial charge in [0, 0.05) is 24.7 Å². The number of hydrogen-bond acceptors (Lipinski definition) is 4. The maximum absolute atomic E-state index is 12.6. The van der Waals surface area contributed by atoms with Gasteiger partial charge in [-0.1, -0.05) is 23.7 Å². The van der Waals surface area contributed by atoms with Crippen LogP contribution in [0.1, 0.15) is 5.56 Å². The molecule has 0 unspecified atom stereocenters. The van der Waals surface area contributed by atoms with Crippen molar-refractivity contribution in [1.82, 2.24) is 0 Å². The molecule has 7 heteroatoms. The van der Waals surface area contributed by atoms with Gasteiger partial charge < -0.3 is 10.8 Å². The zero-order valence-corrected chi connectivity index (χ0v) is 12.9. The Balaban J connectivity index is 2.44. The molecule has 0 saturated carbocycles. The first-order valence-electron chi connectivity index (χ1n) is 6.12. The highest BCUT2D eigenvalue weighted by molar-refractivity contribution is 7.92. The summed E-state index contributed by atoms with van der Waals surface area (Å²) >= 11 is 6.01. The zero-order valence-electron chi connectivity index (χ0n) is 11.3. The van der Waals surface area contributed by atoms with E-state index in [0.29, 0.717) is 16.3 Å². The second kappa shape index (κ2) is 5.93. The van der Waals surface area contributed by atoms with Crippen LogP contribution in [0.2, 0.25) is 5.02 Å². The first-order valence-corrected chi connectivity index (χ1v) is 7.94. The molecule has 0 aliphatic heterocycles. The van der Waals surface area contributed by atoms with Crippen LogP contribution in [0.25, 0.3) is 0 Å². The number of aromatic hydroxyl groups is 1. The number of halogens is 1. The zero-order chi connectivity index (χ0) is 15.6. The van der Waals surface area contributed by atoms with Gasteiger partial charge in [-0.05, 0) is 29.8 Å². The molecular weight excluding hydrogens is 312 g/mol. The highest BCUT2D eigenvalue weighted by atomic mass is 35.5. The van der Waals surface area contributed by atoms with Crippen molar-refractivity contribution < 1.29 is 13.5 Å². The third-order valence-electron chi connectivity index (χ3n) is 3.10. The average molecular weight is 327 g/mol. The fraction of sp³-hybridized carbons (Fsp3) is 0.143. The Kier molecular flexibility index (Phi) is 4.41. The molecule has 0 heterocycles. The van der Waals surface area contributed by atoms with Crippen LogP contribution in [-0.4, -0.2) is 20.6 Å². The van der Waals surface area contributed by atoms with Crippen LogP contribution in [-0.2, 0) is 16.6 Å². The first kappa shape index (κ1) is 15.6. The molecule has 2 aromatic rings. The highest BCUT2D eigenvalue weighted by Crippen LogP contribution is 2.27. The lowest BCUT2D eigenvalue weighted by Gasteiger charge is -2.20. The summed E-state index contributed by atoms with van der Waals surface area (Å²) in [4.78, 5) is 0.0653. The van der Waals surface area contributed by atoms with Crippen molar-refractivity contribution in [1.29, 1.82) is 0 Å². The van der Waals surface area contributed by atoms with E-state index in [0.717, 1.165) is 4.31 Å². The van der Waals surface area contributed by atoms with E-state index < -0.39 is 10.0 Å². The third-order valence-corrected chi connectivity index (χ3v) is 5.23. The fourth-order valence-corrected chi connectivity index (χ4v) is 3.38. The Morgan fingerprint density at radius 1 is 1.24 bits per heavy atom. The number of hydrogen-bond donors (Lipinski definition) is 2. The van der Waals surface area contributed by atoms with E-state index >= 15 is 0 Å². The molecule has 21 heavy (non-hydrogen) atoms. The summed E-state index contributed by atoms with van der Waals surface area (Å²) in [5.41, 5.74) is 6.54. The smallest absolute Gasteiger partial charge is 0.264 e. The third kappa shape index (κ3) is 3.12. The van der Waals surface area contributed by atoms with E-state index in [1.165, 1.54) is 31.3 Å². The second-order valence-electron chi connectivity index (χ2n) is 4.45. The van der Waals surface area contributed by atoms with Crippen LogP contribution in [0.5, 0.6) is 5.75 Å². The van der Waals surface area contributed by atoms with Crippen molar-refractivity contribution in [2.24, 2.45) is 5.73 Å². The van der Waals surface area contributed by atoms with Crippen LogP contribution in [0.15, 0.2) is 47.4 Å². The summed E-state index contributed by atoms with van der Waals surface area (Å²) in [5, 5.41) is 9.76. The molecular formula is C14H15ClN2O3S. The molecule has 0 saturated heterocycles. The lowest BCUT2D eigenvalue weighted by atomic mass is 10.2. The van der Waals surface area contributed by atoms with E-state index in [1.807, 2.05) is 0 Å². The van der Waals surface area contributed by atoms with Gasteiger partial charge in [0.2, 0.25) is 0 Å². The maximum atomic E-state index is 12.6. The minimum absolute atomic E-state index is 0.00828. The normalized spacial score (nSPS) is 11.4. The molecule has 3 N–H and O–H groups in total. The van der Waals surface area contributed by atoms with Gasteiger partial charge in [-0.3, -0.25) is 4.31 Å². The molecule has 2 rings (SSSR count). The van der Waals surface area contributed by atoms with E-state index in [9.17, 15) is 13.5 Å². The number of nitrogens with zero attached hydrogens (tertiary/aromatic N) is 1. The van der Waals surface area contributed by atoms with Gasteiger partial charge in [0.15, 0.2) is 0 Å². The molecule has 0 bridgehead atoms. The Morgan fingerprint density at radius 2 is 1.95 bits per heavy atom. The van der Waals surface area contributed by atoms with Gasteiger partial charge >= 0.3 is 0 Å².